The Labute approximate surface area is 170 Å². The van der Waals surface area contributed by atoms with Crippen molar-refractivity contribution in [1.29, 1.82) is 0 Å². The number of aliphatic hydroxyl groups is 1. The molecule has 154 valence electrons. The summed E-state index contributed by atoms with van der Waals surface area (Å²) in [6.07, 6.45) is 0. The molecular weight excluding hydrogens is 370 g/mol. The van der Waals surface area contributed by atoms with Gasteiger partial charge < -0.3 is 25.8 Å². The van der Waals surface area contributed by atoms with E-state index in [1.54, 1.807) is 39.2 Å². The Kier molecular flexibility index (Phi) is 5.91. The average Bonchev–Trinajstić information content (AvgIpc) is 2.66. The lowest BCUT2D eigenvalue weighted by atomic mass is 9.95. The van der Waals surface area contributed by atoms with Gasteiger partial charge in [-0.05, 0) is 55.7 Å². The van der Waals surface area contributed by atoms with Gasteiger partial charge in [0.05, 0.1) is 23.6 Å². The fourth-order valence-electron chi connectivity index (χ4n) is 3.31. The van der Waals surface area contributed by atoms with Gasteiger partial charge in [0, 0.05) is 19.2 Å². The van der Waals surface area contributed by atoms with E-state index in [1.165, 1.54) is 0 Å². The summed E-state index contributed by atoms with van der Waals surface area (Å²) in [7, 11) is 1.66. The molecule has 0 aliphatic carbocycles. The van der Waals surface area contributed by atoms with Crippen LogP contribution in [0.4, 0.5) is 11.4 Å². The fourth-order valence-corrected chi connectivity index (χ4v) is 3.31. The minimum Gasteiger partial charge on any atom is -0.388 e. The predicted molar refractivity (Wildman–Crippen MR) is 112 cm³/mol. The normalized spacial score (nSPS) is 15.9. The van der Waals surface area contributed by atoms with Crippen molar-refractivity contribution >= 4 is 23.2 Å². The number of benzene rings is 2. The maximum absolute atomic E-state index is 12.6. The lowest BCUT2D eigenvalue weighted by Gasteiger charge is -2.34. The molecule has 3 rings (SSSR count). The van der Waals surface area contributed by atoms with Crippen LogP contribution in [-0.2, 0) is 22.7 Å². The number of hydrogen-bond donors (Lipinski definition) is 4. The van der Waals surface area contributed by atoms with Gasteiger partial charge in [-0.2, -0.15) is 0 Å². The molecule has 0 spiro atoms. The maximum atomic E-state index is 12.6. The van der Waals surface area contributed by atoms with E-state index in [1.807, 2.05) is 25.1 Å². The molecule has 7 nitrogen and oxygen atoms in total. The van der Waals surface area contributed by atoms with Crippen molar-refractivity contribution in [2.24, 2.45) is 0 Å². The van der Waals surface area contributed by atoms with E-state index >= 15 is 0 Å². The molecule has 1 heterocycles. The number of rotatable bonds is 6. The van der Waals surface area contributed by atoms with Crippen molar-refractivity contribution in [3.8, 4) is 0 Å². The summed E-state index contributed by atoms with van der Waals surface area (Å²) in [6.45, 7) is 6.10. The third kappa shape index (κ3) is 4.75. The van der Waals surface area contributed by atoms with E-state index in [0.717, 1.165) is 16.7 Å². The first-order valence-corrected chi connectivity index (χ1v) is 9.48. The Morgan fingerprint density at radius 3 is 2.62 bits per heavy atom. The van der Waals surface area contributed by atoms with Crippen molar-refractivity contribution in [2.75, 3.05) is 17.7 Å². The Bertz CT molecular complexity index is 934. The summed E-state index contributed by atoms with van der Waals surface area (Å²) in [4.78, 5) is 24.8. The quantitative estimate of drug-likeness (QED) is 0.600. The molecule has 7 heteroatoms. The number of anilines is 2. The molecule has 2 aromatic rings. The second-order valence-corrected chi connectivity index (χ2v) is 7.86. The molecule has 0 radical (unpaired) electrons. The fraction of sp³-hybridized carbons (Fsp3) is 0.364. The molecule has 29 heavy (non-hydrogen) atoms. The van der Waals surface area contributed by atoms with Crippen LogP contribution in [0.15, 0.2) is 36.4 Å². The molecule has 0 fully saturated rings. The number of fused-ring (bicyclic) bond motifs is 1. The van der Waals surface area contributed by atoms with E-state index in [9.17, 15) is 14.7 Å². The SMILES string of the molecule is COCc1ccc(CNC(=O)c2ccc3c(c2)N[C@@H](C(C)(C)O)C(=O)N3)cc1C. The molecular formula is C22H27N3O4. The first-order valence-electron chi connectivity index (χ1n) is 9.48. The highest BCUT2D eigenvalue weighted by Gasteiger charge is 2.37. The van der Waals surface area contributed by atoms with Crippen molar-refractivity contribution in [3.05, 3.63) is 58.7 Å². The highest BCUT2D eigenvalue weighted by Crippen LogP contribution is 2.30. The predicted octanol–water partition coefficient (Wildman–Crippen LogP) is 2.57. The Morgan fingerprint density at radius 2 is 1.97 bits per heavy atom. The molecule has 1 aliphatic rings. The summed E-state index contributed by atoms with van der Waals surface area (Å²) in [6, 6.07) is 10.2. The number of methoxy groups -OCH3 is 1. The molecule has 2 amide bonds. The van der Waals surface area contributed by atoms with Gasteiger partial charge in [0.2, 0.25) is 5.91 Å². The van der Waals surface area contributed by atoms with Crippen LogP contribution in [0.2, 0.25) is 0 Å². The van der Waals surface area contributed by atoms with E-state index < -0.39 is 11.6 Å². The van der Waals surface area contributed by atoms with E-state index in [4.69, 9.17) is 4.74 Å². The van der Waals surface area contributed by atoms with Gasteiger partial charge in [-0.15, -0.1) is 0 Å². The van der Waals surface area contributed by atoms with Gasteiger partial charge in [0.15, 0.2) is 0 Å². The molecule has 1 atom stereocenters. The molecule has 2 aromatic carbocycles. The number of hydrogen-bond acceptors (Lipinski definition) is 5. The Balaban J connectivity index is 1.70. The van der Waals surface area contributed by atoms with Gasteiger partial charge in [-0.1, -0.05) is 18.2 Å². The number of carbonyl (C=O) groups excluding carboxylic acids is 2. The van der Waals surface area contributed by atoms with E-state index in [0.29, 0.717) is 30.1 Å². The average molecular weight is 397 g/mol. The van der Waals surface area contributed by atoms with Gasteiger partial charge >= 0.3 is 0 Å². The second-order valence-electron chi connectivity index (χ2n) is 7.86. The van der Waals surface area contributed by atoms with Crippen molar-refractivity contribution in [1.82, 2.24) is 5.32 Å². The summed E-state index contributed by atoms with van der Waals surface area (Å²) in [5.41, 5.74) is 3.64. The van der Waals surface area contributed by atoms with Crippen molar-refractivity contribution < 1.29 is 19.4 Å². The van der Waals surface area contributed by atoms with Gasteiger partial charge in [-0.3, -0.25) is 9.59 Å². The third-order valence-corrected chi connectivity index (χ3v) is 4.97. The molecule has 0 saturated carbocycles. The van der Waals surface area contributed by atoms with Crippen LogP contribution in [0, 0.1) is 6.92 Å². The first-order chi connectivity index (χ1) is 13.7. The maximum Gasteiger partial charge on any atom is 0.251 e. The minimum absolute atomic E-state index is 0.218. The first kappa shape index (κ1) is 20.8. The number of carbonyl (C=O) groups is 2. The number of amides is 2. The zero-order chi connectivity index (χ0) is 21.2. The highest BCUT2D eigenvalue weighted by atomic mass is 16.5. The summed E-state index contributed by atoms with van der Waals surface area (Å²) >= 11 is 0. The number of ether oxygens (including phenoxy) is 1. The topological polar surface area (TPSA) is 99.7 Å². The summed E-state index contributed by atoms with van der Waals surface area (Å²) in [5, 5.41) is 18.9. The van der Waals surface area contributed by atoms with E-state index in [2.05, 4.69) is 16.0 Å². The number of nitrogens with one attached hydrogen (secondary N) is 3. The molecule has 0 saturated heterocycles. The number of aryl methyl sites for hydroxylation is 1. The molecule has 4 N–H and O–H groups in total. The second kappa shape index (κ2) is 8.23. The van der Waals surface area contributed by atoms with E-state index in [-0.39, 0.29) is 11.8 Å². The Morgan fingerprint density at radius 1 is 1.21 bits per heavy atom. The van der Waals surface area contributed by atoms with Crippen LogP contribution in [0.25, 0.3) is 0 Å². The van der Waals surface area contributed by atoms with Crippen molar-refractivity contribution in [3.63, 3.8) is 0 Å². The zero-order valence-corrected chi connectivity index (χ0v) is 17.1. The molecule has 0 aromatic heterocycles. The lowest BCUT2D eigenvalue weighted by molar-refractivity contribution is -0.121. The van der Waals surface area contributed by atoms with Gasteiger partial charge in [0.25, 0.3) is 5.91 Å². The third-order valence-electron chi connectivity index (χ3n) is 4.97. The minimum atomic E-state index is -1.24. The lowest BCUT2D eigenvalue weighted by Crippen LogP contribution is -2.52. The van der Waals surface area contributed by atoms with Crippen LogP contribution < -0.4 is 16.0 Å². The largest absolute Gasteiger partial charge is 0.388 e. The summed E-state index contributed by atoms with van der Waals surface area (Å²) < 4.78 is 5.17. The van der Waals surface area contributed by atoms with Crippen LogP contribution in [0.3, 0.4) is 0 Å². The highest BCUT2D eigenvalue weighted by molar-refractivity contribution is 6.05. The molecule has 0 unspecified atom stereocenters. The van der Waals surface area contributed by atoms with Crippen LogP contribution in [0.5, 0.6) is 0 Å². The smallest absolute Gasteiger partial charge is 0.251 e. The van der Waals surface area contributed by atoms with Crippen LogP contribution in [0.1, 0.15) is 40.9 Å². The van der Waals surface area contributed by atoms with Crippen LogP contribution in [-0.4, -0.2) is 35.7 Å². The van der Waals surface area contributed by atoms with Crippen molar-refractivity contribution in [2.45, 2.75) is 45.6 Å². The zero-order valence-electron chi connectivity index (χ0n) is 17.1. The molecule has 0 bridgehead atoms. The van der Waals surface area contributed by atoms with Crippen LogP contribution >= 0.6 is 0 Å². The monoisotopic (exact) mass is 397 g/mol. The van der Waals surface area contributed by atoms with Gasteiger partial charge in [-0.25, -0.2) is 0 Å². The van der Waals surface area contributed by atoms with Gasteiger partial charge in [0.1, 0.15) is 6.04 Å². The Hall–Kier alpha value is -2.90. The standard InChI is InChI=1S/C22H27N3O4/c1-13-9-14(5-6-16(13)12-29-4)11-23-20(26)15-7-8-17-18(10-15)24-19(21(27)25-17)22(2,3)28/h5-10,19,24,28H,11-12H2,1-4H3,(H,23,26)(H,25,27)/t19-/m1/s1. The summed E-state index contributed by atoms with van der Waals surface area (Å²) in [5.74, 6) is -0.528. The molecule has 1 aliphatic heterocycles.